The summed E-state index contributed by atoms with van der Waals surface area (Å²) in [6.45, 7) is 5.46. The summed E-state index contributed by atoms with van der Waals surface area (Å²) in [6.07, 6.45) is 1.52. The highest BCUT2D eigenvalue weighted by atomic mass is 32.2. The molecule has 2 amide bonds. The summed E-state index contributed by atoms with van der Waals surface area (Å²) >= 11 is 0. The Kier molecular flexibility index (Phi) is 6.39. The van der Waals surface area contributed by atoms with E-state index in [1.165, 1.54) is 6.26 Å². The first-order valence-corrected chi connectivity index (χ1v) is 10.9. The van der Waals surface area contributed by atoms with Crippen molar-refractivity contribution in [2.75, 3.05) is 32.7 Å². The van der Waals surface area contributed by atoms with Gasteiger partial charge in [0.05, 0.1) is 11.2 Å². The van der Waals surface area contributed by atoms with E-state index in [0.29, 0.717) is 26.2 Å². The van der Waals surface area contributed by atoms with Gasteiger partial charge in [-0.25, -0.2) is 13.1 Å². The standard InChI is InChI=1S/C20H25N3O5S/c1-15-5-6-17(14-16(15)2)29(26,27)21-8-7-19(24)22-9-11-23(12-10-22)20(25)18-4-3-13-28-18/h3-6,13-14,21H,7-12H2,1-2H3. The van der Waals surface area contributed by atoms with Gasteiger partial charge in [-0.05, 0) is 49.2 Å². The number of amides is 2. The van der Waals surface area contributed by atoms with Crippen LogP contribution in [0.25, 0.3) is 0 Å². The third-order valence-corrected chi connectivity index (χ3v) is 6.53. The summed E-state index contributed by atoms with van der Waals surface area (Å²) in [6, 6.07) is 8.21. The van der Waals surface area contributed by atoms with Gasteiger partial charge in [0.15, 0.2) is 5.76 Å². The predicted octanol–water partition coefficient (Wildman–Crippen LogP) is 1.55. The average Bonchev–Trinajstić information content (AvgIpc) is 3.24. The lowest BCUT2D eigenvalue weighted by molar-refractivity contribution is -0.132. The second-order valence-electron chi connectivity index (χ2n) is 7.04. The molecule has 2 aromatic rings. The molecule has 1 aromatic carbocycles. The second-order valence-corrected chi connectivity index (χ2v) is 8.81. The molecular weight excluding hydrogens is 394 g/mol. The lowest BCUT2D eigenvalue weighted by Gasteiger charge is -2.34. The summed E-state index contributed by atoms with van der Waals surface area (Å²) in [7, 11) is -3.66. The van der Waals surface area contributed by atoms with Crippen molar-refractivity contribution < 1.29 is 22.4 Å². The van der Waals surface area contributed by atoms with Gasteiger partial charge in [-0.2, -0.15) is 0 Å². The SMILES string of the molecule is Cc1ccc(S(=O)(=O)NCCC(=O)N2CCN(C(=O)c3ccco3)CC2)cc1C. The molecule has 0 spiro atoms. The highest BCUT2D eigenvalue weighted by Gasteiger charge is 2.26. The Morgan fingerprint density at radius 2 is 1.72 bits per heavy atom. The van der Waals surface area contributed by atoms with Crippen LogP contribution in [-0.4, -0.2) is 62.8 Å². The molecule has 0 saturated carbocycles. The number of hydrogen-bond donors (Lipinski definition) is 1. The van der Waals surface area contributed by atoms with E-state index in [0.717, 1.165) is 11.1 Å². The molecule has 1 aromatic heterocycles. The number of rotatable bonds is 6. The van der Waals surface area contributed by atoms with Crippen LogP contribution in [0.3, 0.4) is 0 Å². The molecule has 29 heavy (non-hydrogen) atoms. The molecular formula is C20H25N3O5S. The Labute approximate surface area is 170 Å². The smallest absolute Gasteiger partial charge is 0.289 e. The fourth-order valence-corrected chi connectivity index (χ4v) is 4.25. The van der Waals surface area contributed by atoms with Gasteiger partial charge in [-0.3, -0.25) is 9.59 Å². The molecule has 0 radical (unpaired) electrons. The van der Waals surface area contributed by atoms with Crippen LogP contribution in [0.15, 0.2) is 45.9 Å². The minimum atomic E-state index is -3.66. The molecule has 2 heterocycles. The van der Waals surface area contributed by atoms with Crippen molar-refractivity contribution in [3.05, 3.63) is 53.5 Å². The van der Waals surface area contributed by atoms with Gasteiger partial charge in [-0.15, -0.1) is 0 Å². The number of aryl methyl sites for hydroxylation is 2. The van der Waals surface area contributed by atoms with Gasteiger partial charge in [0, 0.05) is 39.1 Å². The Balaban J connectivity index is 1.46. The molecule has 1 aliphatic rings. The molecule has 3 rings (SSSR count). The largest absolute Gasteiger partial charge is 0.459 e. The van der Waals surface area contributed by atoms with Crippen LogP contribution < -0.4 is 4.72 Å². The molecule has 0 bridgehead atoms. The highest BCUT2D eigenvalue weighted by molar-refractivity contribution is 7.89. The lowest BCUT2D eigenvalue weighted by Crippen LogP contribution is -2.51. The Bertz CT molecular complexity index is 978. The summed E-state index contributed by atoms with van der Waals surface area (Å²) in [5, 5.41) is 0. The number of piperazine rings is 1. The van der Waals surface area contributed by atoms with Crippen molar-refractivity contribution in [2.24, 2.45) is 0 Å². The molecule has 1 aliphatic heterocycles. The lowest BCUT2D eigenvalue weighted by atomic mass is 10.1. The molecule has 1 N–H and O–H groups in total. The molecule has 8 nitrogen and oxygen atoms in total. The average molecular weight is 420 g/mol. The molecule has 1 saturated heterocycles. The van der Waals surface area contributed by atoms with Crippen molar-refractivity contribution in [2.45, 2.75) is 25.2 Å². The second kappa shape index (κ2) is 8.79. The maximum Gasteiger partial charge on any atom is 0.289 e. The topological polar surface area (TPSA) is 99.9 Å². The zero-order chi connectivity index (χ0) is 21.0. The van der Waals surface area contributed by atoms with Crippen molar-refractivity contribution in [1.82, 2.24) is 14.5 Å². The van der Waals surface area contributed by atoms with Crippen LogP contribution in [0.4, 0.5) is 0 Å². The maximum atomic E-state index is 12.4. The van der Waals surface area contributed by atoms with Gasteiger partial charge in [0.25, 0.3) is 5.91 Å². The van der Waals surface area contributed by atoms with E-state index >= 15 is 0 Å². The summed E-state index contributed by atoms with van der Waals surface area (Å²) in [4.78, 5) is 28.1. The Morgan fingerprint density at radius 1 is 1.03 bits per heavy atom. The zero-order valence-corrected chi connectivity index (χ0v) is 17.4. The minimum absolute atomic E-state index is 0.0274. The molecule has 0 aliphatic carbocycles. The van der Waals surface area contributed by atoms with Gasteiger partial charge in [0.1, 0.15) is 0 Å². The van der Waals surface area contributed by atoms with Gasteiger partial charge in [0.2, 0.25) is 15.9 Å². The number of hydrogen-bond acceptors (Lipinski definition) is 5. The first-order chi connectivity index (χ1) is 13.8. The van der Waals surface area contributed by atoms with Crippen molar-refractivity contribution in [3.63, 3.8) is 0 Å². The van der Waals surface area contributed by atoms with E-state index in [1.807, 2.05) is 13.8 Å². The number of nitrogens with one attached hydrogen (secondary N) is 1. The third-order valence-electron chi connectivity index (χ3n) is 5.07. The zero-order valence-electron chi connectivity index (χ0n) is 16.6. The fraction of sp³-hybridized carbons (Fsp3) is 0.400. The highest BCUT2D eigenvalue weighted by Crippen LogP contribution is 2.15. The molecule has 9 heteroatoms. The van der Waals surface area contributed by atoms with Crippen molar-refractivity contribution in [3.8, 4) is 0 Å². The summed E-state index contributed by atoms with van der Waals surface area (Å²) in [5.41, 5.74) is 1.91. The number of carbonyl (C=O) groups is 2. The van der Waals surface area contributed by atoms with Crippen LogP contribution >= 0.6 is 0 Å². The molecule has 0 atom stereocenters. The summed E-state index contributed by atoms with van der Waals surface area (Å²) < 4.78 is 32.4. The van der Waals surface area contributed by atoms with Gasteiger partial charge >= 0.3 is 0 Å². The van der Waals surface area contributed by atoms with Crippen LogP contribution in [0.5, 0.6) is 0 Å². The van der Waals surface area contributed by atoms with E-state index < -0.39 is 10.0 Å². The van der Waals surface area contributed by atoms with Crippen molar-refractivity contribution in [1.29, 1.82) is 0 Å². The monoisotopic (exact) mass is 419 g/mol. The first-order valence-electron chi connectivity index (χ1n) is 9.45. The summed E-state index contributed by atoms with van der Waals surface area (Å²) in [5.74, 6) is -0.0494. The fourth-order valence-electron chi connectivity index (χ4n) is 3.13. The maximum absolute atomic E-state index is 12.4. The predicted molar refractivity (Wildman–Crippen MR) is 107 cm³/mol. The van der Waals surface area contributed by atoms with Crippen LogP contribution in [0.1, 0.15) is 28.1 Å². The number of nitrogens with zero attached hydrogens (tertiary/aromatic N) is 2. The van der Waals surface area contributed by atoms with E-state index in [4.69, 9.17) is 4.42 Å². The number of sulfonamides is 1. The third kappa shape index (κ3) is 5.04. The Hall–Kier alpha value is -2.65. The number of furan rings is 1. The van der Waals surface area contributed by atoms with E-state index in [-0.39, 0.29) is 35.4 Å². The van der Waals surface area contributed by atoms with Crippen LogP contribution in [0.2, 0.25) is 0 Å². The van der Waals surface area contributed by atoms with Crippen LogP contribution in [-0.2, 0) is 14.8 Å². The minimum Gasteiger partial charge on any atom is -0.459 e. The number of carbonyl (C=O) groups excluding carboxylic acids is 2. The van der Waals surface area contributed by atoms with Crippen molar-refractivity contribution >= 4 is 21.8 Å². The normalized spacial score (nSPS) is 14.8. The van der Waals surface area contributed by atoms with E-state index in [1.54, 1.807) is 40.1 Å². The molecule has 1 fully saturated rings. The quantitative estimate of drug-likeness (QED) is 0.766. The van der Waals surface area contributed by atoms with Gasteiger partial charge in [-0.1, -0.05) is 6.07 Å². The van der Waals surface area contributed by atoms with Crippen LogP contribution in [0, 0.1) is 13.8 Å². The molecule has 0 unspecified atom stereocenters. The van der Waals surface area contributed by atoms with E-state index in [2.05, 4.69) is 4.72 Å². The first kappa shape index (κ1) is 21.1. The Morgan fingerprint density at radius 3 is 2.34 bits per heavy atom. The molecule has 156 valence electrons. The number of benzene rings is 1. The van der Waals surface area contributed by atoms with Gasteiger partial charge < -0.3 is 14.2 Å². The van der Waals surface area contributed by atoms with E-state index in [9.17, 15) is 18.0 Å².